The molecule has 1 saturated heterocycles. The second-order valence-corrected chi connectivity index (χ2v) is 5.98. The van der Waals surface area contributed by atoms with E-state index in [1.54, 1.807) is 7.11 Å². The first-order valence-corrected chi connectivity index (χ1v) is 8.36. The quantitative estimate of drug-likeness (QED) is 0.877. The molecule has 1 heterocycles. The van der Waals surface area contributed by atoms with E-state index < -0.39 is 0 Å². The Bertz CT molecular complexity index is 520. The van der Waals surface area contributed by atoms with Gasteiger partial charge in [0.25, 0.3) is 0 Å². The van der Waals surface area contributed by atoms with E-state index >= 15 is 0 Å². The summed E-state index contributed by atoms with van der Waals surface area (Å²) in [6, 6.07) is 7.31. The third-order valence-electron chi connectivity index (χ3n) is 4.32. The lowest BCUT2D eigenvalue weighted by molar-refractivity contribution is -0.134. The molecule has 0 unspecified atom stereocenters. The molecule has 1 aromatic rings. The van der Waals surface area contributed by atoms with Gasteiger partial charge in [-0.15, -0.1) is 0 Å². The number of unbranched alkanes of at least 4 members (excludes halogenated alkanes) is 1. The van der Waals surface area contributed by atoms with Crippen LogP contribution < -0.4 is 10.1 Å². The number of benzene rings is 1. The number of nitrogens with one attached hydrogen (secondary N) is 1. The fourth-order valence-electron chi connectivity index (χ4n) is 2.80. The van der Waals surface area contributed by atoms with Crippen molar-refractivity contribution in [2.24, 2.45) is 5.92 Å². The maximum Gasteiger partial charge on any atom is 0.227 e. The van der Waals surface area contributed by atoms with Crippen LogP contribution in [0.25, 0.3) is 0 Å². The van der Waals surface area contributed by atoms with Crippen LogP contribution in [0.1, 0.15) is 39.0 Å². The molecule has 1 fully saturated rings. The van der Waals surface area contributed by atoms with Gasteiger partial charge in [0.05, 0.1) is 7.11 Å². The summed E-state index contributed by atoms with van der Waals surface area (Å²) in [5.74, 6) is 1.01. The minimum absolute atomic E-state index is 0.0210. The van der Waals surface area contributed by atoms with Crippen molar-refractivity contribution < 1.29 is 14.3 Å². The van der Waals surface area contributed by atoms with E-state index in [0.29, 0.717) is 19.5 Å². The smallest absolute Gasteiger partial charge is 0.227 e. The molecule has 2 rings (SSSR count). The number of nitrogens with zero attached hydrogens (tertiary/aromatic N) is 1. The van der Waals surface area contributed by atoms with Crippen molar-refractivity contribution in [3.8, 4) is 5.75 Å². The van der Waals surface area contributed by atoms with Crippen molar-refractivity contribution in [1.82, 2.24) is 4.90 Å². The van der Waals surface area contributed by atoms with Gasteiger partial charge in [-0.1, -0.05) is 13.3 Å². The average Bonchev–Trinajstić information content (AvgIpc) is 2.60. The Morgan fingerprint density at radius 2 is 1.87 bits per heavy atom. The molecular weight excluding hydrogens is 292 g/mol. The number of likely N-dealkylation sites (tertiary alicyclic amines) is 1. The number of anilines is 1. The molecule has 1 aliphatic heterocycles. The molecule has 0 saturated carbocycles. The van der Waals surface area contributed by atoms with Crippen LogP contribution in [0.5, 0.6) is 5.75 Å². The molecule has 0 atom stereocenters. The highest BCUT2D eigenvalue weighted by molar-refractivity contribution is 5.92. The summed E-state index contributed by atoms with van der Waals surface area (Å²) in [7, 11) is 1.61. The number of rotatable bonds is 6. The number of carbonyl (C=O) groups is 2. The van der Waals surface area contributed by atoms with Crippen LogP contribution in [0.2, 0.25) is 0 Å². The molecule has 23 heavy (non-hydrogen) atoms. The number of ether oxygens (including phenoxy) is 1. The van der Waals surface area contributed by atoms with Crippen LogP contribution in [0.3, 0.4) is 0 Å². The van der Waals surface area contributed by atoms with E-state index in [4.69, 9.17) is 4.74 Å². The predicted octanol–water partition coefficient (Wildman–Crippen LogP) is 3.06. The van der Waals surface area contributed by atoms with E-state index in [2.05, 4.69) is 12.2 Å². The van der Waals surface area contributed by atoms with Crippen LogP contribution in [0.15, 0.2) is 24.3 Å². The highest BCUT2D eigenvalue weighted by Crippen LogP contribution is 2.21. The third-order valence-corrected chi connectivity index (χ3v) is 4.32. The SMILES string of the molecule is CCCCC(=O)N1CCC(C(=O)Nc2ccc(OC)cc2)CC1. The Morgan fingerprint density at radius 1 is 1.22 bits per heavy atom. The molecule has 126 valence electrons. The fraction of sp³-hybridized carbons (Fsp3) is 0.556. The van der Waals surface area contributed by atoms with Gasteiger partial charge < -0.3 is 15.0 Å². The molecule has 1 aromatic carbocycles. The highest BCUT2D eigenvalue weighted by atomic mass is 16.5. The Labute approximate surface area is 138 Å². The lowest BCUT2D eigenvalue weighted by Crippen LogP contribution is -2.41. The summed E-state index contributed by atoms with van der Waals surface area (Å²) in [5.41, 5.74) is 0.775. The molecule has 1 aliphatic rings. The lowest BCUT2D eigenvalue weighted by atomic mass is 9.95. The van der Waals surface area contributed by atoms with Gasteiger partial charge in [0, 0.05) is 31.1 Å². The second-order valence-electron chi connectivity index (χ2n) is 5.98. The third kappa shape index (κ3) is 4.98. The van der Waals surface area contributed by atoms with E-state index in [-0.39, 0.29) is 17.7 Å². The zero-order valence-corrected chi connectivity index (χ0v) is 14.0. The molecule has 0 aliphatic carbocycles. The van der Waals surface area contributed by atoms with Crippen LogP contribution in [0.4, 0.5) is 5.69 Å². The summed E-state index contributed by atoms with van der Waals surface area (Å²) >= 11 is 0. The first-order valence-electron chi connectivity index (χ1n) is 8.36. The van der Waals surface area contributed by atoms with Gasteiger partial charge in [-0.05, 0) is 43.5 Å². The van der Waals surface area contributed by atoms with Crippen molar-refractivity contribution in [1.29, 1.82) is 0 Å². The van der Waals surface area contributed by atoms with Crippen LogP contribution in [-0.4, -0.2) is 36.9 Å². The van der Waals surface area contributed by atoms with Gasteiger partial charge in [0.2, 0.25) is 11.8 Å². The number of hydrogen-bond acceptors (Lipinski definition) is 3. The minimum atomic E-state index is -0.0210. The van der Waals surface area contributed by atoms with E-state index in [0.717, 1.165) is 37.1 Å². The van der Waals surface area contributed by atoms with Crippen LogP contribution in [-0.2, 0) is 9.59 Å². The minimum Gasteiger partial charge on any atom is -0.497 e. The molecular formula is C18H26N2O3. The van der Waals surface area contributed by atoms with Crippen LogP contribution in [0, 0.1) is 5.92 Å². The summed E-state index contributed by atoms with van der Waals surface area (Å²) in [6.07, 6.45) is 4.07. The summed E-state index contributed by atoms with van der Waals surface area (Å²) < 4.78 is 5.10. The van der Waals surface area contributed by atoms with Crippen molar-refractivity contribution in [3.05, 3.63) is 24.3 Å². The average molecular weight is 318 g/mol. The monoisotopic (exact) mass is 318 g/mol. The standard InChI is InChI=1S/C18H26N2O3/c1-3-4-5-17(21)20-12-10-14(11-13-20)18(22)19-15-6-8-16(23-2)9-7-15/h6-9,14H,3-5,10-13H2,1-2H3,(H,19,22). The number of carbonyl (C=O) groups excluding carboxylic acids is 2. The topological polar surface area (TPSA) is 58.6 Å². The van der Waals surface area contributed by atoms with E-state index in [9.17, 15) is 9.59 Å². The van der Waals surface area contributed by atoms with Gasteiger partial charge in [-0.3, -0.25) is 9.59 Å². The highest BCUT2D eigenvalue weighted by Gasteiger charge is 2.27. The number of hydrogen-bond donors (Lipinski definition) is 1. The van der Waals surface area contributed by atoms with Crippen molar-refractivity contribution in [3.63, 3.8) is 0 Å². The summed E-state index contributed by atoms with van der Waals surface area (Å²) in [5, 5.41) is 2.94. The number of methoxy groups -OCH3 is 1. The van der Waals surface area contributed by atoms with Crippen molar-refractivity contribution in [2.45, 2.75) is 39.0 Å². The Hall–Kier alpha value is -2.04. The molecule has 1 N–H and O–H groups in total. The molecule has 0 spiro atoms. The Morgan fingerprint density at radius 3 is 2.43 bits per heavy atom. The molecule has 0 aromatic heterocycles. The molecule has 0 bridgehead atoms. The maximum atomic E-state index is 12.3. The molecule has 5 nitrogen and oxygen atoms in total. The largest absolute Gasteiger partial charge is 0.497 e. The van der Waals surface area contributed by atoms with Crippen molar-refractivity contribution >= 4 is 17.5 Å². The zero-order valence-electron chi connectivity index (χ0n) is 14.0. The first kappa shape index (κ1) is 17.3. The molecule has 0 radical (unpaired) electrons. The summed E-state index contributed by atoms with van der Waals surface area (Å²) in [6.45, 7) is 3.45. The lowest BCUT2D eigenvalue weighted by Gasteiger charge is -2.31. The predicted molar refractivity (Wildman–Crippen MR) is 90.5 cm³/mol. The summed E-state index contributed by atoms with van der Waals surface area (Å²) in [4.78, 5) is 26.2. The fourth-order valence-corrected chi connectivity index (χ4v) is 2.80. The van der Waals surface area contributed by atoms with Gasteiger partial charge in [-0.25, -0.2) is 0 Å². The van der Waals surface area contributed by atoms with Gasteiger partial charge in [0.15, 0.2) is 0 Å². The Balaban J connectivity index is 1.79. The van der Waals surface area contributed by atoms with Gasteiger partial charge in [0.1, 0.15) is 5.75 Å². The van der Waals surface area contributed by atoms with Crippen molar-refractivity contribution in [2.75, 3.05) is 25.5 Å². The van der Waals surface area contributed by atoms with E-state index in [1.165, 1.54) is 0 Å². The molecule has 2 amide bonds. The number of piperidine rings is 1. The second kappa shape index (κ2) is 8.56. The normalized spacial score (nSPS) is 15.3. The zero-order chi connectivity index (χ0) is 16.7. The van der Waals surface area contributed by atoms with Gasteiger partial charge >= 0.3 is 0 Å². The van der Waals surface area contributed by atoms with Crippen LogP contribution >= 0.6 is 0 Å². The molecule has 5 heteroatoms. The Kier molecular flexibility index (Phi) is 6.44. The maximum absolute atomic E-state index is 12.3. The first-order chi connectivity index (χ1) is 11.1. The van der Waals surface area contributed by atoms with Gasteiger partial charge in [-0.2, -0.15) is 0 Å². The van der Waals surface area contributed by atoms with E-state index in [1.807, 2.05) is 29.2 Å². The number of amides is 2.